The van der Waals surface area contributed by atoms with Crippen molar-refractivity contribution in [1.82, 2.24) is 5.32 Å². The molecule has 2 aromatic carbocycles. The Balaban J connectivity index is 2.35. The minimum atomic E-state index is -1.05. The minimum absolute atomic E-state index is 0.128. The average molecular weight is 287 g/mol. The van der Waals surface area contributed by atoms with E-state index in [0.717, 1.165) is 5.39 Å². The third kappa shape index (κ3) is 3.38. The predicted octanol–water partition coefficient (Wildman–Crippen LogP) is 2.30. The monoisotopic (exact) mass is 287 g/mol. The summed E-state index contributed by atoms with van der Waals surface area (Å²) in [6.45, 7) is 3.29. The number of hydrogen-bond acceptors (Lipinski definition) is 3. The van der Waals surface area contributed by atoms with Gasteiger partial charge in [-0.1, -0.05) is 24.3 Å². The van der Waals surface area contributed by atoms with Crippen LogP contribution in [0.25, 0.3) is 10.8 Å². The Morgan fingerprint density at radius 2 is 1.81 bits per heavy atom. The van der Waals surface area contributed by atoms with Crippen LogP contribution in [-0.2, 0) is 4.74 Å². The molecule has 0 fully saturated rings. The molecule has 2 aromatic rings. The highest BCUT2D eigenvalue weighted by atomic mass is 16.5. The number of benzene rings is 2. The van der Waals surface area contributed by atoms with E-state index in [0.29, 0.717) is 30.7 Å². The van der Waals surface area contributed by atoms with E-state index in [2.05, 4.69) is 5.32 Å². The zero-order chi connectivity index (χ0) is 15.2. The first-order chi connectivity index (χ1) is 10.1. The molecule has 0 aromatic heterocycles. The quantitative estimate of drug-likeness (QED) is 0.799. The van der Waals surface area contributed by atoms with Gasteiger partial charge in [-0.25, -0.2) is 4.79 Å². The van der Waals surface area contributed by atoms with Crippen molar-refractivity contribution < 1.29 is 19.4 Å². The molecule has 0 bridgehead atoms. The van der Waals surface area contributed by atoms with Crippen molar-refractivity contribution in [3.63, 3.8) is 0 Å². The third-order valence-corrected chi connectivity index (χ3v) is 3.12. The van der Waals surface area contributed by atoms with Crippen molar-refractivity contribution in [2.24, 2.45) is 0 Å². The molecule has 2 rings (SSSR count). The number of hydrogen-bond donors (Lipinski definition) is 2. The maximum absolute atomic E-state index is 12.2. The van der Waals surface area contributed by atoms with Crippen molar-refractivity contribution in [2.75, 3.05) is 19.8 Å². The first-order valence-electron chi connectivity index (χ1n) is 6.76. The van der Waals surface area contributed by atoms with Crippen molar-refractivity contribution in [2.45, 2.75) is 6.92 Å². The van der Waals surface area contributed by atoms with E-state index < -0.39 is 5.97 Å². The zero-order valence-corrected chi connectivity index (χ0v) is 11.8. The van der Waals surface area contributed by atoms with Gasteiger partial charge >= 0.3 is 5.97 Å². The van der Waals surface area contributed by atoms with Gasteiger partial charge in [0.1, 0.15) is 0 Å². The Labute approximate surface area is 122 Å². The number of carboxylic acid groups (broad SMARTS) is 1. The highest BCUT2D eigenvalue weighted by Crippen LogP contribution is 2.23. The molecule has 0 radical (unpaired) electrons. The van der Waals surface area contributed by atoms with Gasteiger partial charge in [-0.05, 0) is 24.4 Å². The van der Waals surface area contributed by atoms with Gasteiger partial charge in [0.25, 0.3) is 5.91 Å². The van der Waals surface area contributed by atoms with Crippen LogP contribution in [0.4, 0.5) is 0 Å². The summed E-state index contributed by atoms with van der Waals surface area (Å²) in [6.07, 6.45) is 0. The summed E-state index contributed by atoms with van der Waals surface area (Å²) in [5, 5.41) is 13.2. The lowest BCUT2D eigenvalue weighted by molar-refractivity contribution is 0.0699. The van der Waals surface area contributed by atoms with E-state index in [9.17, 15) is 14.7 Å². The van der Waals surface area contributed by atoms with Gasteiger partial charge in [0, 0.05) is 24.1 Å². The first-order valence-corrected chi connectivity index (χ1v) is 6.76. The van der Waals surface area contributed by atoms with Crippen molar-refractivity contribution in [1.29, 1.82) is 0 Å². The number of nitrogens with one attached hydrogen (secondary N) is 1. The Kier molecular flexibility index (Phi) is 4.90. The molecule has 5 heteroatoms. The minimum Gasteiger partial charge on any atom is -0.478 e. The normalized spacial score (nSPS) is 10.5. The molecule has 0 unspecified atom stereocenters. The Morgan fingerprint density at radius 3 is 2.43 bits per heavy atom. The second-order valence-electron chi connectivity index (χ2n) is 4.47. The summed E-state index contributed by atoms with van der Waals surface area (Å²) in [6, 6.07) is 10.1. The Morgan fingerprint density at radius 1 is 1.14 bits per heavy atom. The second-order valence-corrected chi connectivity index (χ2v) is 4.47. The van der Waals surface area contributed by atoms with Gasteiger partial charge in [-0.15, -0.1) is 0 Å². The molecule has 0 saturated heterocycles. The fraction of sp³-hybridized carbons (Fsp3) is 0.250. The van der Waals surface area contributed by atoms with Crippen LogP contribution in [0.15, 0.2) is 36.4 Å². The molecule has 0 saturated carbocycles. The third-order valence-electron chi connectivity index (χ3n) is 3.12. The standard InChI is InChI=1S/C16H17NO4/c1-2-21-10-9-17-15(18)12-7-3-5-11-6-4-8-13(14(11)12)16(19)20/h3-8H,2,9-10H2,1H3,(H,17,18)(H,19,20). The van der Waals surface area contributed by atoms with Crippen molar-refractivity contribution in [3.8, 4) is 0 Å². The number of rotatable bonds is 6. The Bertz CT molecular complexity index is 661. The molecule has 0 aliphatic carbocycles. The van der Waals surface area contributed by atoms with Gasteiger partial charge in [-0.2, -0.15) is 0 Å². The molecular formula is C16H17NO4. The summed E-state index contributed by atoms with van der Waals surface area (Å²) in [7, 11) is 0. The van der Waals surface area contributed by atoms with Crippen LogP contribution in [-0.4, -0.2) is 36.7 Å². The fourth-order valence-electron chi connectivity index (χ4n) is 2.18. The highest BCUT2D eigenvalue weighted by Gasteiger charge is 2.15. The topological polar surface area (TPSA) is 75.6 Å². The van der Waals surface area contributed by atoms with E-state index in [-0.39, 0.29) is 11.5 Å². The summed E-state index contributed by atoms with van der Waals surface area (Å²) in [4.78, 5) is 23.6. The van der Waals surface area contributed by atoms with Gasteiger partial charge < -0.3 is 15.2 Å². The molecule has 0 aliphatic rings. The van der Waals surface area contributed by atoms with E-state index in [1.165, 1.54) is 6.07 Å². The van der Waals surface area contributed by atoms with Crippen LogP contribution in [0.5, 0.6) is 0 Å². The van der Waals surface area contributed by atoms with E-state index in [1.54, 1.807) is 30.3 Å². The maximum atomic E-state index is 12.2. The SMILES string of the molecule is CCOCCNC(=O)c1cccc2cccc(C(=O)O)c12. The summed E-state index contributed by atoms with van der Waals surface area (Å²) >= 11 is 0. The second kappa shape index (κ2) is 6.85. The molecule has 1 amide bonds. The summed E-state index contributed by atoms with van der Waals surface area (Å²) in [5.74, 6) is -1.34. The first kappa shape index (κ1) is 15.0. The zero-order valence-electron chi connectivity index (χ0n) is 11.8. The molecule has 0 spiro atoms. The molecule has 2 N–H and O–H groups in total. The highest BCUT2D eigenvalue weighted by molar-refractivity contribution is 6.14. The van der Waals surface area contributed by atoms with Crippen LogP contribution in [0, 0.1) is 0 Å². The molecule has 0 aliphatic heterocycles. The molecule has 21 heavy (non-hydrogen) atoms. The number of carbonyl (C=O) groups excluding carboxylic acids is 1. The molecule has 5 nitrogen and oxygen atoms in total. The van der Waals surface area contributed by atoms with Crippen molar-refractivity contribution >= 4 is 22.6 Å². The van der Waals surface area contributed by atoms with E-state index in [4.69, 9.17) is 4.74 Å². The summed E-state index contributed by atoms with van der Waals surface area (Å²) < 4.78 is 5.16. The van der Waals surface area contributed by atoms with Crippen molar-refractivity contribution in [3.05, 3.63) is 47.5 Å². The van der Waals surface area contributed by atoms with Crippen LogP contribution in [0.2, 0.25) is 0 Å². The number of fused-ring (bicyclic) bond motifs is 1. The molecule has 0 atom stereocenters. The van der Waals surface area contributed by atoms with Gasteiger partial charge in [0.2, 0.25) is 0 Å². The van der Waals surface area contributed by atoms with Crippen LogP contribution < -0.4 is 5.32 Å². The lowest BCUT2D eigenvalue weighted by atomic mass is 9.99. The average Bonchev–Trinajstić information content (AvgIpc) is 2.50. The summed E-state index contributed by atoms with van der Waals surface area (Å²) in [5.41, 5.74) is 0.491. The molecule has 110 valence electrons. The fourth-order valence-corrected chi connectivity index (χ4v) is 2.18. The Hall–Kier alpha value is -2.40. The predicted molar refractivity (Wildman–Crippen MR) is 79.7 cm³/mol. The smallest absolute Gasteiger partial charge is 0.336 e. The van der Waals surface area contributed by atoms with Gasteiger partial charge in [0.15, 0.2) is 0 Å². The number of aromatic carboxylic acids is 1. The molecule has 0 heterocycles. The van der Waals surface area contributed by atoms with Gasteiger partial charge in [0.05, 0.1) is 12.2 Å². The number of carboxylic acids is 1. The van der Waals surface area contributed by atoms with E-state index in [1.807, 2.05) is 6.92 Å². The van der Waals surface area contributed by atoms with Crippen LogP contribution in [0.1, 0.15) is 27.6 Å². The largest absolute Gasteiger partial charge is 0.478 e. The number of ether oxygens (including phenoxy) is 1. The maximum Gasteiger partial charge on any atom is 0.336 e. The number of carbonyl (C=O) groups is 2. The molecular weight excluding hydrogens is 270 g/mol. The van der Waals surface area contributed by atoms with E-state index >= 15 is 0 Å². The number of amides is 1. The van der Waals surface area contributed by atoms with Crippen LogP contribution >= 0.6 is 0 Å². The van der Waals surface area contributed by atoms with Crippen LogP contribution in [0.3, 0.4) is 0 Å². The lowest BCUT2D eigenvalue weighted by Crippen LogP contribution is -2.27. The lowest BCUT2D eigenvalue weighted by Gasteiger charge is -2.10. The van der Waals surface area contributed by atoms with Gasteiger partial charge in [-0.3, -0.25) is 4.79 Å².